The Morgan fingerprint density at radius 1 is 1.56 bits per heavy atom. The van der Waals surface area contributed by atoms with Gasteiger partial charge < -0.3 is 5.32 Å². The van der Waals surface area contributed by atoms with Gasteiger partial charge in [0, 0.05) is 12.6 Å². The van der Waals surface area contributed by atoms with Gasteiger partial charge in [0.2, 0.25) is 0 Å². The summed E-state index contributed by atoms with van der Waals surface area (Å²) in [5.41, 5.74) is 1.08. The van der Waals surface area contributed by atoms with E-state index in [1.807, 2.05) is 0 Å². The second-order valence-corrected chi connectivity index (χ2v) is 5.92. The van der Waals surface area contributed by atoms with Gasteiger partial charge in [-0.25, -0.2) is 0 Å². The topological polar surface area (TPSA) is 55.2 Å². The van der Waals surface area contributed by atoms with E-state index in [1.54, 1.807) is 12.1 Å². The minimum absolute atomic E-state index is 0.0880. The van der Waals surface area contributed by atoms with Crippen molar-refractivity contribution in [2.24, 2.45) is 11.3 Å². The summed E-state index contributed by atoms with van der Waals surface area (Å²) in [6, 6.07) is 4.78. The molecule has 0 heterocycles. The maximum Gasteiger partial charge on any atom is 0.275 e. The van der Waals surface area contributed by atoms with E-state index >= 15 is 0 Å². The molecule has 0 bridgehead atoms. The molecular formula is C13H17ClN2O2. The Morgan fingerprint density at radius 3 is 2.78 bits per heavy atom. The minimum atomic E-state index is -0.385. The van der Waals surface area contributed by atoms with Gasteiger partial charge >= 0.3 is 0 Å². The molecule has 0 saturated heterocycles. The zero-order chi connectivity index (χ0) is 13.3. The molecule has 1 fully saturated rings. The highest BCUT2D eigenvalue weighted by molar-refractivity contribution is 6.31. The smallest absolute Gasteiger partial charge is 0.275 e. The van der Waals surface area contributed by atoms with Gasteiger partial charge in [-0.1, -0.05) is 31.5 Å². The van der Waals surface area contributed by atoms with Crippen LogP contribution in [0.25, 0.3) is 0 Å². The van der Waals surface area contributed by atoms with Crippen molar-refractivity contribution in [3.8, 4) is 0 Å². The van der Waals surface area contributed by atoms with E-state index < -0.39 is 0 Å². The summed E-state index contributed by atoms with van der Waals surface area (Å²) in [5.74, 6) is 0.666. The highest BCUT2D eigenvalue weighted by atomic mass is 35.5. The molecule has 1 atom stereocenters. The van der Waals surface area contributed by atoms with Crippen molar-refractivity contribution in [1.29, 1.82) is 0 Å². The van der Waals surface area contributed by atoms with Gasteiger partial charge in [0.1, 0.15) is 0 Å². The Labute approximate surface area is 111 Å². The lowest BCUT2D eigenvalue weighted by molar-refractivity contribution is -0.385. The van der Waals surface area contributed by atoms with E-state index in [2.05, 4.69) is 19.2 Å². The van der Waals surface area contributed by atoms with Crippen LogP contribution in [0.15, 0.2) is 18.2 Å². The molecule has 18 heavy (non-hydrogen) atoms. The molecule has 1 N–H and O–H groups in total. The van der Waals surface area contributed by atoms with E-state index in [9.17, 15) is 10.1 Å². The predicted octanol–water partition coefficient (Wildman–Crippen LogP) is 3.38. The second kappa shape index (κ2) is 4.86. The highest BCUT2D eigenvalue weighted by Crippen LogP contribution is 2.51. The Bertz CT molecular complexity index is 474. The molecule has 5 heteroatoms. The largest absolute Gasteiger partial charge is 0.312 e. The standard InChI is InChI=1S/C13H17ClN2O2/c1-13(2)6-9(13)7-15-8-10-11(14)4-3-5-12(10)16(17)18/h3-5,9,15H,6-8H2,1-2H3. The number of hydrogen-bond donors (Lipinski definition) is 1. The van der Waals surface area contributed by atoms with Crippen molar-refractivity contribution >= 4 is 17.3 Å². The molecule has 1 aliphatic carbocycles. The SMILES string of the molecule is CC1(C)CC1CNCc1c(Cl)cccc1[N+](=O)[O-]. The third-order valence-corrected chi connectivity index (χ3v) is 4.05. The van der Waals surface area contributed by atoms with Crippen molar-refractivity contribution in [1.82, 2.24) is 5.32 Å². The lowest BCUT2D eigenvalue weighted by Crippen LogP contribution is -2.19. The molecule has 1 unspecified atom stereocenters. The maximum atomic E-state index is 10.9. The molecule has 1 aliphatic rings. The summed E-state index contributed by atoms with van der Waals surface area (Å²) in [6.45, 7) is 5.80. The average Bonchev–Trinajstić information content (AvgIpc) is 2.88. The quantitative estimate of drug-likeness (QED) is 0.658. The summed E-state index contributed by atoms with van der Waals surface area (Å²) >= 11 is 6.02. The Balaban J connectivity index is 1.98. The summed E-state index contributed by atoms with van der Waals surface area (Å²) in [6.07, 6.45) is 1.21. The van der Waals surface area contributed by atoms with E-state index in [-0.39, 0.29) is 10.6 Å². The number of nitrogens with zero attached hydrogens (tertiary/aromatic N) is 1. The van der Waals surface area contributed by atoms with Gasteiger partial charge in [-0.2, -0.15) is 0 Å². The van der Waals surface area contributed by atoms with Crippen molar-refractivity contribution in [2.75, 3.05) is 6.54 Å². The summed E-state index contributed by atoms with van der Waals surface area (Å²) in [4.78, 5) is 10.5. The van der Waals surface area contributed by atoms with Crippen molar-refractivity contribution < 1.29 is 4.92 Å². The fourth-order valence-corrected chi connectivity index (χ4v) is 2.43. The molecule has 1 aromatic rings. The first kappa shape index (κ1) is 13.3. The van der Waals surface area contributed by atoms with Crippen molar-refractivity contribution in [3.05, 3.63) is 38.9 Å². The van der Waals surface area contributed by atoms with Crippen LogP contribution >= 0.6 is 11.6 Å². The summed E-state index contributed by atoms with van der Waals surface area (Å²) < 4.78 is 0. The van der Waals surface area contributed by atoms with Gasteiger partial charge in [0.25, 0.3) is 5.69 Å². The van der Waals surface area contributed by atoms with Crippen LogP contribution in [-0.2, 0) is 6.54 Å². The van der Waals surface area contributed by atoms with Crippen molar-refractivity contribution in [2.45, 2.75) is 26.8 Å². The van der Waals surface area contributed by atoms with Gasteiger partial charge in [-0.15, -0.1) is 0 Å². The Morgan fingerprint density at radius 2 is 2.22 bits per heavy atom. The van der Waals surface area contributed by atoms with Crippen LogP contribution < -0.4 is 5.32 Å². The normalized spacial score (nSPS) is 20.7. The van der Waals surface area contributed by atoms with E-state index in [4.69, 9.17) is 11.6 Å². The first-order chi connectivity index (χ1) is 8.42. The fraction of sp³-hybridized carbons (Fsp3) is 0.538. The van der Waals surface area contributed by atoms with Crippen molar-refractivity contribution in [3.63, 3.8) is 0 Å². The van der Waals surface area contributed by atoms with Crippen LogP contribution in [0.2, 0.25) is 5.02 Å². The monoisotopic (exact) mass is 268 g/mol. The predicted molar refractivity (Wildman–Crippen MR) is 71.7 cm³/mol. The third kappa shape index (κ3) is 2.82. The molecule has 4 nitrogen and oxygen atoms in total. The number of benzene rings is 1. The number of rotatable bonds is 5. The number of halogens is 1. The van der Waals surface area contributed by atoms with Crippen LogP contribution in [-0.4, -0.2) is 11.5 Å². The minimum Gasteiger partial charge on any atom is -0.312 e. The second-order valence-electron chi connectivity index (χ2n) is 5.52. The first-order valence-electron chi connectivity index (χ1n) is 6.04. The van der Waals surface area contributed by atoms with Crippen LogP contribution in [0.1, 0.15) is 25.8 Å². The number of hydrogen-bond acceptors (Lipinski definition) is 3. The molecule has 0 amide bonds. The van der Waals surface area contributed by atoms with Crippen LogP contribution in [0, 0.1) is 21.4 Å². The van der Waals surface area contributed by atoms with Crippen LogP contribution in [0.4, 0.5) is 5.69 Å². The molecule has 1 saturated carbocycles. The average molecular weight is 269 g/mol. The molecule has 0 aromatic heterocycles. The molecule has 2 rings (SSSR count). The molecule has 1 aromatic carbocycles. The Kier molecular flexibility index (Phi) is 3.59. The van der Waals surface area contributed by atoms with Crippen LogP contribution in [0.5, 0.6) is 0 Å². The Hall–Kier alpha value is -1.13. The molecule has 0 spiro atoms. The lowest BCUT2D eigenvalue weighted by Gasteiger charge is -2.08. The fourth-order valence-electron chi connectivity index (χ4n) is 2.19. The maximum absolute atomic E-state index is 10.9. The zero-order valence-corrected chi connectivity index (χ0v) is 11.3. The molecule has 0 aliphatic heterocycles. The summed E-state index contributed by atoms with van der Waals surface area (Å²) in [5, 5.41) is 14.6. The number of nitro benzene ring substituents is 1. The first-order valence-corrected chi connectivity index (χ1v) is 6.42. The molecule has 98 valence electrons. The van der Waals surface area contributed by atoms with Gasteiger partial charge in [0.15, 0.2) is 0 Å². The number of nitro groups is 1. The highest BCUT2D eigenvalue weighted by Gasteiger charge is 2.44. The lowest BCUT2D eigenvalue weighted by atomic mass is 10.1. The van der Waals surface area contributed by atoms with E-state index in [0.717, 1.165) is 6.54 Å². The zero-order valence-electron chi connectivity index (χ0n) is 10.6. The third-order valence-electron chi connectivity index (χ3n) is 3.70. The van der Waals surface area contributed by atoms with Crippen LogP contribution in [0.3, 0.4) is 0 Å². The molecular weight excluding hydrogens is 252 g/mol. The number of nitrogens with one attached hydrogen (secondary N) is 1. The van der Waals surface area contributed by atoms with Gasteiger partial charge in [-0.3, -0.25) is 10.1 Å². The van der Waals surface area contributed by atoms with Gasteiger partial charge in [-0.05, 0) is 30.4 Å². The molecule has 0 radical (unpaired) electrons. The van der Waals surface area contributed by atoms with Gasteiger partial charge in [0.05, 0.1) is 15.5 Å². The van der Waals surface area contributed by atoms with E-state index in [0.29, 0.717) is 28.5 Å². The summed E-state index contributed by atoms with van der Waals surface area (Å²) in [7, 11) is 0. The van der Waals surface area contributed by atoms with E-state index in [1.165, 1.54) is 12.5 Å².